The smallest absolute Gasteiger partial charge is 0.305 e. The molecule has 0 aromatic heterocycles. The number of hydrogen-bond donors (Lipinski definition) is 0. The molecule has 0 bridgehead atoms. The largest absolute Gasteiger partial charge is 0.493 e. The topological polar surface area (TPSA) is 52.6 Å². The van der Waals surface area contributed by atoms with Crippen LogP contribution in [0.1, 0.15) is 36.5 Å². The van der Waals surface area contributed by atoms with E-state index < -0.39 is 0 Å². The first-order valence-electron chi connectivity index (χ1n) is 7.42. The highest BCUT2D eigenvalue weighted by Crippen LogP contribution is 2.29. The predicted octanol–water partition coefficient (Wildman–Crippen LogP) is 3.76. The highest BCUT2D eigenvalue weighted by atomic mass is 16.5. The summed E-state index contributed by atoms with van der Waals surface area (Å²) in [7, 11) is 1.32. The van der Waals surface area contributed by atoms with Gasteiger partial charge in [-0.15, -0.1) is 0 Å². The van der Waals surface area contributed by atoms with E-state index in [1.807, 2.05) is 43.3 Å². The number of carbonyl (C=O) groups excluding carboxylic acids is 2. The van der Waals surface area contributed by atoms with Crippen molar-refractivity contribution in [2.45, 2.75) is 26.2 Å². The summed E-state index contributed by atoms with van der Waals surface area (Å²) in [6, 6.07) is 11.4. The second-order valence-corrected chi connectivity index (χ2v) is 5.01. The van der Waals surface area contributed by atoms with Crippen LogP contribution >= 0.6 is 0 Å². The lowest BCUT2D eigenvalue weighted by Crippen LogP contribution is -2.09. The molecule has 0 saturated heterocycles. The second-order valence-electron chi connectivity index (χ2n) is 5.01. The molecule has 0 unspecified atom stereocenters. The monoisotopic (exact) mass is 300 g/mol. The van der Waals surface area contributed by atoms with E-state index >= 15 is 0 Å². The van der Waals surface area contributed by atoms with E-state index in [0.29, 0.717) is 17.9 Å². The average molecular weight is 300 g/mol. The second kappa shape index (κ2) is 7.59. The van der Waals surface area contributed by atoms with Crippen molar-refractivity contribution in [1.29, 1.82) is 0 Å². The number of carbonyl (C=O) groups is 2. The number of ether oxygens (including phenoxy) is 2. The van der Waals surface area contributed by atoms with Crippen molar-refractivity contribution in [3.8, 4) is 5.75 Å². The van der Waals surface area contributed by atoms with Crippen LogP contribution in [0.4, 0.5) is 0 Å². The van der Waals surface area contributed by atoms with Crippen molar-refractivity contribution >= 4 is 22.5 Å². The van der Waals surface area contributed by atoms with Crippen molar-refractivity contribution in [2.24, 2.45) is 0 Å². The zero-order valence-corrected chi connectivity index (χ0v) is 12.9. The lowest BCUT2D eigenvalue weighted by atomic mass is 9.98. The minimum absolute atomic E-state index is 0.0752. The number of ketones is 1. The van der Waals surface area contributed by atoms with Gasteiger partial charge in [0, 0.05) is 6.42 Å². The molecular weight excluding hydrogens is 280 g/mol. The summed E-state index contributed by atoms with van der Waals surface area (Å²) in [6.07, 6.45) is 1.05. The van der Waals surface area contributed by atoms with E-state index in [2.05, 4.69) is 4.74 Å². The molecule has 0 N–H and O–H groups in total. The molecule has 116 valence electrons. The van der Waals surface area contributed by atoms with Crippen LogP contribution in [-0.2, 0) is 9.53 Å². The van der Waals surface area contributed by atoms with Crippen LogP contribution < -0.4 is 4.74 Å². The summed E-state index contributed by atoms with van der Waals surface area (Å²) in [4.78, 5) is 23.8. The minimum atomic E-state index is -0.385. The highest BCUT2D eigenvalue weighted by Gasteiger charge is 2.17. The van der Waals surface area contributed by atoms with Gasteiger partial charge in [0.05, 0.1) is 25.7 Å². The Morgan fingerprint density at radius 3 is 2.55 bits per heavy atom. The third-order valence-electron chi connectivity index (χ3n) is 3.42. The van der Waals surface area contributed by atoms with Crippen LogP contribution in [0.25, 0.3) is 10.8 Å². The molecule has 2 rings (SSSR count). The number of fused-ring (bicyclic) bond motifs is 1. The minimum Gasteiger partial charge on any atom is -0.493 e. The van der Waals surface area contributed by atoms with Crippen molar-refractivity contribution < 1.29 is 19.1 Å². The summed E-state index contributed by atoms with van der Waals surface area (Å²) in [5.74, 6) is 0.0910. The third-order valence-corrected chi connectivity index (χ3v) is 3.42. The Labute approximate surface area is 130 Å². The molecule has 0 heterocycles. The molecule has 0 aliphatic rings. The lowest BCUT2D eigenvalue weighted by Gasteiger charge is -2.13. The van der Waals surface area contributed by atoms with Crippen molar-refractivity contribution in [3.05, 3.63) is 42.0 Å². The summed E-state index contributed by atoms with van der Waals surface area (Å²) in [5.41, 5.74) is 0.551. The first-order chi connectivity index (χ1) is 10.7. The molecule has 0 amide bonds. The number of methoxy groups -OCH3 is 1. The van der Waals surface area contributed by atoms with Gasteiger partial charge in [0.15, 0.2) is 5.78 Å². The number of benzene rings is 2. The maximum absolute atomic E-state index is 12.6. The fraction of sp³-hybridized carbons (Fsp3) is 0.333. The molecule has 4 nitrogen and oxygen atoms in total. The van der Waals surface area contributed by atoms with Crippen LogP contribution in [-0.4, -0.2) is 25.5 Å². The molecule has 0 atom stereocenters. The van der Waals surface area contributed by atoms with E-state index in [4.69, 9.17) is 4.74 Å². The zero-order valence-electron chi connectivity index (χ0n) is 12.9. The van der Waals surface area contributed by atoms with Crippen molar-refractivity contribution in [3.63, 3.8) is 0 Å². The van der Waals surface area contributed by atoms with Gasteiger partial charge in [-0.1, -0.05) is 37.3 Å². The van der Waals surface area contributed by atoms with Crippen LogP contribution in [0.3, 0.4) is 0 Å². The predicted molar refractivity (Wildman–Crippen MR) is 85.3 cm³/mol. The average Bonchev–Trinajstić information content (AvgIpc) is 2.56. The highest BCUT2D eigenvalue weighted by molar-refractivity contribution is 6.11. The number of hydrogen-bond acceptors (Lipinski definition) is 4. The van der Waals surface area contributed by atoms with E-state index in [0.717, 1.165) is 17.2 Å². The Kier molecular flexibility index (Phi) is 5.53. The van der Waals surface area contributed by atoms with Gasteiger partial charge in [-0.25, -0.2) is 0 Å². The number of Topliss-reactive ketones (excluding diaryl/α,β-unsaturated/α-hetero) is 1. The third kappa shape index (κ3) is 3.64. The fourth-order valence-corrected chi connectivity index (χ4v) is 2.31. The quantitative estimate of drug-likeness (QED) is 0.577. The lowest BCUT2D eigenvalue weighted by molar-refractivity contribution is -0.140. The van der Waals surface area contributed by atoms with Crippen LogP contribution in [0.5, 0.6) is 5.75 Å². The van der Waals surface area contributed by atoms with Crippen LogP contribution in [0.15, 0.2) is 36.4 Å². The summed E-state index contributed by atoms with van der Waals surface area (Å²) in [6.45, 7) is 2.56. The molecule has 2 aromatic carbocycles. The van der Waals surface area contributed by atoms with Gasteiger partial charge in [-0.3, -0.25) is 9.59 Å². The first kappa shape index (κ1) is 16.0. The summed E-state index contributed by atoms with van der Waals surface area (Å²) < 4.78 is 10.3. The van der Waals surface area contributed by atoms with E-state index in [1.54, 1.807) is 0 Å². The summed E-state index contributed by atoms with van der Waals surface area (Å²) in [5, 5.41) is 1.83. The molecule has 4 heteroatoms. The Hall–Kier alpha value is -2.36. The Balaban J connectivity index is 2.38. The maximum Gasteiger partial charge on any atom is 0.305 e. The molecule has 0 fully saturated rings. The Morgan fingerprint density at radius 1 is 1.05 bits per heavy atom. The molecule has 22 heavy (non-hydrogen) atoms. The molecule has 0 saturated carbocycles. The molecular formula is C18H20O4. The standard InChI is InChI=1S/C18H20O4/c1-3-12-22-16-10-8-13-6-4-5-7-14(13)18(16)15(19)9-11-17(20)21-2/h4-8,10H,3,9,11-12H2,1-2H3. The van der Waals surface area contributed by atoms with Crippen LogP contribution in [0, 0.1) is 0 Å². The normalized spacial score (nSPS) is 10.5. The molecule has 0 aliphatic carbocycles. The van der Waals surface area contributed by atoms with Gasteiger partial charge in [0.2, 0.25) is 0 Å². The molecule has 2 aromatic rings. The molecule has 0 aliphatic heterocycles. The van der Waals surface area contributed by atoms with Gasteiger partial charge >= 0.3 is 5.97 Å². The van der Waals surface area contributed by atoms with Gasteiger partial charge < -0.3 is 9.47 Å². The van der Waals surface area contributed by atoms with Gasteiger partial charge in [0.25, 0.3) is 0 Å². The number of rotatable bonds is 7. The summed E-state index contributed by atoms with van der Waals surface area (Å²) >= 11 is 0. The van der Waals surface area contributed by atoms with Gasteiger partial charge in [0.1, 0.15) is 5.75 Å². The van der Waals surface area contributed by atoms with E-state index in [1.165, 1.54) is 7.11 Å². The maximum atomic E-state index is 12.6. The number of esters is 1. The SMILES string of the molecule is CCCOc1ccc2ccccc2c1C(=O)CCC(=O)OC. The molecule has 0 radical (unpaired) electrons. The Morgan fingerprint density at radius 2 is 1.82 bits per heavy atom. The van der Waals surface area contributed by atoms with E-state index in [9.17, 15) is 9.59 Å². The van der Waals surface area contributed by atoms with Crippen molar-refractivity contribution in [1.82, 2.24) is 0 Å². The fourth-order valence-electron chi connectivity index (χ4n) is 2.31. The van der Waals surface area contributed by atoms with Crippen LogP contribution in [0.2, 0.25) is 0 Å². The first-order valence-corrected chi connectivity index (χ1v) is 7.42. The van der Waals surface area contributed by atoms with Crippen molar-refractivity contribution in [2.75, 3.05) is 13.7 Å². The zero-order chi connectivity index (χ0) is 15.9. The van der Waals surface area contributed by atoms with Gasteiger partial charge in [-0.05, 0) is 23.3 Å². The molecule has 0 spiro atoms. The van der Waals surface area contributed by atoms with Gasteiger partial charge in [-0.2, -0.15) is 0 Å². The van der Waals surface area contributed by atoms with E-state index in [-0.39, 0.29) is 24.6 Å². The Bertz CT molecular complexity index is 676.